The highest BCUT2D eigenvalue weighted by Crippen LogP contribution is 2.14. The molecule has 1 heteroatoms. The molecular formula is C17H35B. The zero-order chi connectivity index (χ0) is 13.5. The first kappa shape index (κ1) is 17.8. The topological polar surface area (TPSA) is 0 Å². The fourth-order valence-corrected chi connectivity index (χ4v) is 2.44. The predicted octanol–water partition coefficient (Wildman–Crippen LogP) is 6.15. The summed E-state index contributed by atoms with van der Waals surface area (Å²) in [6.45, 7) is 8.77. The Balaban J connectivity index is 3.10. The molecule has 0 aliphatic rings. The van der Waals surface area contributed by atoms with Gasteiger partial charge in [0.2, 0.25) is 0 Å². The van der Waals surface area contributed by atoms with Crippen molar-refractivity contribution in [2.75, 3.05) is 0 Å². The van der Waals surface area contributed by atoms with Crippen molar-refractivity contribution < 1.29 is 0 Å². The standard InChI is InChI=1S/C17H35B/c1-4-6-8-10-12-15-18-16-14-17(3)13-11-9-7-5-2/h18H,3-16H2,1-2H3. The average Bonchev–Trinajstić information content (AvgIpc) is 2.38. The molecule has 106 valence electrons. The fraction of sp³-hybridized carbons (Fsp3) is 0.882. The molecule has 0 atom stereocenters. The Labute approximate surface area is 117 Å². The van der Waals surface area contributed by atoms with Gasteiger partial charge in [-0.2, -0.15) is 0 Å². The van der Waals surface area contributed by atoms with Gasteiger partial charge in [-0.1, -0.05) is 90.0 Å². The van der Waals surface area contributed by atoms with Crippen LogP contribution in [0.3, 0.4) is 0 Å². The lowest BCUT2D eigenvalue weighted by atomic mass is 9.68. The van der Waals surface area contributed by atoms with Crippen LogP contribution in [0.1, 0.15) is 84.5 Å². The van der Waals surface area contributed by atoms with E-state index in [4.69, 9.17) is 0 Å². The first-order valence-corrected chi connectivity index (χ1v) is 8.47. The summed E-state index contributed by atoms with van der Waals surface area (Å²) in [7, 11) is 1.42. The van der Waals surface area contributed by atoms with Crippen LogP contribution in [0.15, 0.2) is 12.2 Å². The third-order valence-electron chi connectivity index (χ3n) is 3.77. The maximum absolute atomic E-state index is 4.21. The zero-order valence-corrected chi connectivity index (χ0v) is 13.1. The van der Waals surface area contributed by atoms with Crippen molar-refractivity contribution in [3.05, 3.63) is 12.2 Å². The molecule has 0 bridgehead atoms. The van der Waals surface area contributed by atoms with E-state index in [0.29, 0.717) is 0 Å². The van der Waals surface area contributed by atoms with Crippen LogP contribution >= 0.6 is 0 Å². The second-order valence-corrected chi connectivity index (χ2v) is 5.79. The maximum Gasteiger partial charge on any atom is 0.120 e. The van der Waals surface area contributed by atoms with Gasteiger partial charge in [0.15, 0.2) is 0 Å². The number of rotatable bonds is 14. The first-order valence-electron chi connectivity index (χ1n) is 8.47. The van der Waals surface area contributed by atoms with Crippen molar-refractivity contribution in [2.45, 2.75) is 97.1 Å². The maximum atomic E-state index is 4.21. The molecule has 0 saturated heterocycles. The predicted molar refractivity (Wildman–Crippen MR) is 88.0 cm³/mol. The van der Waals surface area contributed by atoms with Gasteiger partial charge in [0.25, 0.3) is 0 Å². The minimum atomic E-state index is 1.27. The molecule has 0 aliphatic heterocycles. The van der Waals surface area contributed by atoms with Crippen molar-refractivity contribution in [1.82, 2.24) is 0 Å². The van der Waals surface area contributed by atoms with Gasteiger partial charge >= 0.3 is 0 Å². The Hall–Kier alpha value is -0.195. The molecule has 0 amide bonds. The normalized spacial score (nSPS) is 10.6. The third-order valence-corrected chi connectivity index (χ3v) is 3.77. The second-order valence-electron chi connectivity index (χ2n) is 5.79. The van der Waals surface area contributed by atoms with Crippen molar-refractivity contribution in [3.63, 3.8) is 0 Å². The van der Waals surface area contributed by atoms with E-state index in [2.05, 4.69) is 20.4 Å². The SMILES string of the molecule is C=C(CCBCCCCCCC)CCCCCC. The molecule has 0 aliphatic carbocycles. The summed E-state index contributed by atoms with van der Waals surface area (Å²) in [5.74, 6) is 0. The Morgan fingerprint density at radius 1 is 0.722 bits per heavy atom. The highest BCUT2D eigenvalue weighted by molar-refractivity contribution is 6.35. The molecule has 0 unspecified atom stereocenters. The Morgan fingerprint density at radius 3 is 2.00 bits per heavy atom. The molecule has 0 saturated carbocycles. The van der Waals surface area contributed by atoms with Crippen molar-refractivity contribution in [3.8, 4) is 0 Å². The van der Waals surface area contributed by atoms with Gasteiger partial charge in [-0.15, -0.1) is 0 Å². The molecule has 0 aromatic heterocycles. The first-order chi connectivity index (χ1) is 8.81. The highest BCUT2D eigenvalue weighted by atomic mass is 14.0. The van der Waals surface area contributed by atoms with Gasteiger partial charge in [-0.05, 0) is 19.3 Å². The minimum absolute atomic E-state index is 1.27. The molecule has 0 nitrogen and oxygen atoms in total. The van der Waals surface area contributed by atoms with E-state index in [1.807, 2.05) is 0 Å². The quantitative estimate of drug-likeness (QED) is 0.197. The molecule has 18 heavy (non-hydrogen) atoms. The lowest BCUT2D eigenvalue weighted by Gasteiger charge is -2.05. The van der Waals surface area contributed by atoms with Crippen LogP contribution in [0.4, 0.5) is 0 Å². The minimum Gasteiger partial charge on any atom is -0.0999 e. The fourth-order valence-electron chi connectivity index (χ4n) is 2.44. The van der Waals surface area contributed by atoms with Gasteiger partial charge in [0.1, 0.15) is 7.28 Å². The molecule has 0 fully saturated rings. The summed E-state index contributed by atoms with van der Waals surface area (Å²) in [5, 5.41) is 0. The van der Waals surface area contributed by atoms with Crippen LogP contribution < -0.4 is 0 Å². The summed E-state index contributed by atoms with van der Waals surface area (Å²) in [6, 6.07) is 0. The van der Waals surface area contributed by atoms with E-state index < -0.39 is 0 Å². The Morgan fingerprint density at radius 2 is 1.33 bits per heavy atom. The third kappa shape index (κ3) is 13.9. The van der Waals surface area contributed by atoms with Crippen LogP contribution in [0, 0.1) is 0 Å². The summed E-state index contributed by atoms with van der Waals surface area (Å²) in [5.41, 5.74) is 1.50. The van der Waals surface area contributed by atoms with E-state index in [-0.39, 0.29) is 0 Å². The van der Waals surface area contributed by atoms with Crippen molar-refractivity contribution in [2.24, 2.45) is 0 Å². The van der Waals surface area contributed by atoms with Crippen LogP contribution in [-0.4, -0.2) is 7.28 Å². The summed E-state index contributed by atoms with van der Waals surface area (Å²) < 4.78 is 0. The van der Waals surface area contributed by atoms with Crippen LogP contribution in [-0.2, 0) is 0 Å². The zero-order valence-electron chi connectivity index (χ0n) is 13.1. The molecule has 0 rings (SSSR count). The van der Waals surface area contributed by atoms with Crippen molar-refractivity contribution in [1.29, 1.82) is 0 Å². The van der Waals surface area contributed by atoms with E-state index in [1.54, 1.807) is 0 Å². The van der Waals surface area contributed by atoms with Gasteiger partial charge in [-0.3, -0.25) is 0 Å². The number of hydrogen-bond donors (Lipinski definition) is 0. The smallest absolute Gasteiger partial charge is 0.0999 e. The van der Waals surface area contributed by atoms with Crippen molar-refractivity contribution >= 4 is 7.28 Å². The molecular weight excluding hydrogens is 215 g/mol. The molecule has 0 radical (unpaired) electrons. The largest absolute Gasteiger partial charge is 0.120 e. The van der Waals surface area contributed by atoms with E-state index >= 15 is 0 Å². The molecule has 0 aromatic rings. The summed E-state index contributed by atoms with van der Waals surface area (Å²) >= 11 is 0. The molecule has 0 N–H and O–H groups in total. The van der Waals surface area contributed by atoms with E-state index in [9.17, 15) is 0 Å². The summed E-state index contributed by atoms with van der Waals surface area (Å²) in [4.78, 5) is 0. The van der Waals surface area contributed by atoms with E-state index in [0.717, 1.165) is 0 Å². The lowest BCUT2D eigenvalue weighted by molar-refractivity contribution is 0.653. The Kier molecular flexibility index (Phi) is 14.7. The molecule has 0 heterocycles. The van der Waals surface area contributed by atoms with E-state index in [1.165, 1.54) is 96.1 Å². The lowest BCUT2D eigenvalue weighted by Crippen LogP contribution is -1.92. The molecule has 0 spiro atoms. The second kappa shape index (κ2) is 14.9. The van der Waals surface area contributed by atoms with Crippen LogP contribution in [0.2, 0.25) is 12.6 Å². The van der Waals surface area contributed by atoms with Gasteiger partial charge in [0, 0.05) is 0 Å². The highest BCUT2D eigenvalue weighted by Gasteiger charge is 1.97. The van der Waals surface area contributed by atoms with Crippen LogP contribution in [0.25, 0.3) is 0 Å². The van der Waals surface area contributed by atoms with Gasteiger partial charge < -0.3 is 0 Å². The molecule has 0 aromatic carbocycles. The Bertz CT molecular complexity index is 174. The number of unbranched alkanes of at least 4 members (excludes halogenated alkanes) is 7. The van der Waals surface area contributed by atoms with Crippen LogP contribution in [0.5, 0.6) is 0 Å². The number of allylic oxidation sites excluding steroid dienone is 1. The summed E-state index contributed by atoms with van der Waals surface area (Å²) in [6.07, 6.45) is 18.0. The van der Waals surface area contributed by atoms with Gasteiger partial charge in [0.05, 0.1) is 0 Å². The average molecular weight is 250 g/mol. The number of hydrogen-bond acceptors (Lipinski definition) is 0. The monoisotopic (exact) mass is 250 g/mol. The van der Waals surface area contributed by atoms with Gasteiger partial charge in [-0.25, -0.2) is 0 Å².